The number of aliphatic hydroxyl groups excluding tert-OH is 1. The molecular weight excluding hydrogens is 1020 g/mol. The summed E-state index contributed by atoms with van der Waals surface area (Å²) in [5.41, 5.74) is -1.01. The fourth-order valence-electron chi connectivity index (χ4n) is 8.34. The van der Waals surface area contributed by atoms with Crippen LogP contribution in [0.4, 0.5) is 28.9 Å². The van der Waals surface area contributed by atoms with Gasteiger partial charge in [0.15, 0.2) is 10.9 Å². The van der Waals surface area contributed by atoms with Gasteiger partial charge in [0.2, 0.25) is 23.6 Å². The number of aliphatic hydroxyl groups is 1. The molecule has 2 fully saturated rings. The van der Waals surface area contributed by atoms with Gasteiger partial charge < -0.3 is 39.8 Å². The number of thiocarbonyl (C=S) groups is 1. The number of thiazole rings is 1. The Hall–Kier alpha value is -5.83. The fraction of sp³-hybridized carbons (Fsp3) is 0.480. The van der Waals surface area contributed by atoms with E-state index in [-0.39, 0.29) is 61.0 Å². The maximum Gasteiger partial charge on any atom is 0.420 e. The summed E-state index contributed by atoms with van der Waals surface area (Å²) in [6.07, 6.45) is -2.14. The van der Waals surface area contributed by atoms with Crippen LogP contribution in [0, 0.1) is 29.5 Å². The van der Waals surface area contributed by atoms with Crippen LogP contribution in [-0.4, -0.2) is 112 Å². The van der Waals surface area contributed by atoms with Crippen LogP contribution in [-0.2, 0) is 41.4 Å². The van der Waals surface area contributed by atoms with E-state index in [1.807, 2.05) is 31.2 Å². The van der Waals surface area contributed by atoms with Gasteiger partial charge in [0, 0.05) is 45.4 Å². The number of nitrogens with zero attached hydrogens (tertiary/aromatic N) is 6. The second kappa shape index (κ2) is 24.0. The Morgan fingerprint density at radius 3 is 2.34 bits per heavy atom. The lowest BCUT2D eigenvalue weighted by Crippen LogP contribution is -2.58. The molecule has 2 aromatic carbocycles. The molecule has 2 saturated heterocycles. The molecule has 0 saturated carbocycles. The van der Waals surface area contributed by atoms with Crippen molar-refractivity contribution in [1.29, 1.82) is 5.26 Å². The number of carbonyl (C=O) groups excluding carboxylic acids is 4. The van der Waals surface area contributed by atoms with Crippen molar-refractivity contribution in [2.45, 2.75) is 110 Å². The molecule has 2 aromatic heterocycles. The number of hydrogen-bond acceptors (Lipinski definition) is 13. The van der Waals surface area contributed by atoms with E-state index in [0.29, 0.717) is 31.0 Å². The molecule has 0 unspecified atom stereocenters. The zero-order chi connectivity index (χ0) is 53.4. The molecule has 3 atom stereocenters. The van der Waals surface area contributed by atoms with Gasteiger partial charge in [0.1, 0.15) is 29.8 Å². The van der Waals surface area contributed by atoms with E-state index in [1.165, 1.54) is 42.0 Å². The van der Waals surface area contributed by atoms with E-state index >= 15 is 4.39 Å². The minimum atomic E-state index is -5.22. The molecule has 16 nitrogen and oxygen atoms in total. The second-order valence-corrected chi connectivity index (χ2v) is 20.7. The van der Waals surface area contributed by atoms with Crippen molar-refractivity contribution < 1.29 is 56.1 Å². The van der Waals surface area contributed by atoms with E-state index in [4.69, 9.17) is 43.3 Å². The van der Waals surface area contributed by atoms with Crippen LogP contribution < -0.4 is 25.2 Å². The first-order valence-electron chi connectivity index (χ1n) is 23.4. The Kier molecular flexibility index (Phi) is 18.6. The number of halogens is 5. The number of amides is 4. The molecule has 6 rings (SSSR count). The number of β-amino-alcohol motifs (C(OH)–C–C–N with tert-alkyl or cyclic N) is 1. The molecule has 4 amide bonds. The molecule has 4 aromatic rings. The second-order valence-electron chi connectivity index (χ2n) is 19.1. The highest BCUT2D eigenvalue weighted by Crippen LogP contribution is 2.43. The SMILES string of the molecule is Cc1ncsc1-c1ccc(CNC(=O)[C@@H]2C[C@@H](O)CN2C(=O)[C@@H](NC(=O)COCCCOCCCCCOc2cc(Cl)c(N3C(=S)N(c4ccc(C#N)c(C(F)(F)F)c4F)C(=O)C3(C)C)cn2)C(C)(C)C)cc1. The minimum absolute atomic E-state index is 0.0451. The van der Waals surface area contributed by atoms with Crippen LogP contribution in [0.25, 0.3) is 10.4 Å². The number of aryl methyl sites for hydroxylation is 1. The van der Waals surface area contributed by atoms with Crippen molar-refractivity contribution in [1.82, 2.24) is 25.5 Å². The first-order valence-corrected chi connectivity index (χ1v) is 25.1. The number of pyridine rings is 1. The van der Waals surface area contributed by atoms with Gasteiger partial charge in [-0.25, -0.2) is 14.4 Å². The normalized spacial score (nSPS) is 17.2. The summed E-state index contributed by atoms with van der Waals surface area (Å²) in [5.74, 6) is -3.86. The van der Waals surface area contributed by atoms with Crippen molar-refractivity contribution in [2.75, 3.05) is 49.4 Å². The lowest BCUT2D eigenvalue weighted by Gasteiger charge is -2.35. The topological polar surface area (TPSA) is 200 Å². The lowest BCUT2D eigenvalue weighted by atomic mass is 9.85. The number of nitriles is 1. The van der Waals surface area contributed by atoms with Gasteiger partial charge in [-0.2, -0.15) is 18.4 Å². The number of rotatable bonds is 21. The number of nitrogens with one attached hydrogen (secondary N) is 2. The first-order chi connectivity index (χ1) is 34.4. The van der Waals surface area contributed by atoms with Gasteiger partial charge in [-0.3, -0.25) is 24.1 Å². The Bertz CT molecular complexity index is 2710. The number of benzene rings is 2. The van der Waals surface area contributed by atoms with Gasteiger partial charge in [-0.1, -0.05) is 56.6 Å². The number of likely N-dealkylation sites (tertiary alicyclic amines) is 1. The lowest BCUT2D eigenvalue weighted by molar-refractivity contribution is -0.144. The first kappa shape index (κ1) is 56.5. The summed E-state index contributed by atoms with van der Waals surface area (Å²) in [7, 11) is 0. The maximum atomic E-state index is 15.4. The summed E-state index contributed by atoms with van der Waals surface area (Å²) in [5, 5.41) is 25.1. The molecular formula is C50H57ClF4N8O8S2. The van der Waals surface area contributed by atoms with Crippen LogP contribution in [0.3, 0.4) is 0 Å². The van der Waals surface area contributed by atoms with Crippen molar-refractivity contribution >= 4 is 75.3 Å². The van der Waals surface area contributed by atoms with E-state index in [9.17, 15) is 37.5 Å². The molecule has 4 heterocycles. The average Bonchev–Trinajstić information content (AvgIpc) is 3.99. The molecule has 3 N–H and O–H groups in total. The molecule has 73 heavy (non-hydrogen) atoms. The Labute approximate surface area is 434 Å². The summed E-state index contributed by atoms with van der Waals surface area (Å²) in [4.78, 5) is 66.8. The van der Waals surface area contributed by atoms with Gasteiger partial charge in [0.25, 0.3) is 5.91 Å². The molecule has 392 valence electrons. The van der Waals surface area contributed by atoms with Crippen LogP contribution >= 0.6 is 35.2 Å². The quantitative estimate of drug-likeness (QED) is 0.0414. The van der Waals surface area contributed by atoms with Crippen LogP contribution in [0.15, 0.2) is 54.2 Å². The number of hydrogen-bond donors (Lipinski definition) is 3. The van der Waals surface area contributed by atoms with Crippen molar-refractivity contribution in [2.24, 2.45) is 5.41 Å². The monoisotopic (exact) mass is 1070 g/mol. The number of anilines is 2. The molecule has 2 aliphatic heterocycles. The van der Waals surface area contributed by atoms with Crippen molar-refractivity contribution in [3.63, 3.8) is 0 Å². The molecule has 0 spiro atoms. The summed E-state index contributed by atoms with van der Waals surface area (Å²) < 4.78 is 73.7. The Morgan fingerprint density at radius 2 is 1.70 bits per heavy atom. The zero-order valence-corrected chi connectivity index (χ0v) is 43.5. The Morgan fingerprint density at radius 1 is 1.01 bits per heavy atom. The Balaban J connectivity index is 0.869. The summed E-state index contributed by atoms with van der Waals surface area (Å²) in [6.45, 7) is 11.5. The predicted octanol–water partition coefficient (Wildman–Crippen LogP) is 7.89. The van der Waals surface area contributed by atoms with Crippen LogP contribution in [0.5, 0.6) is 5.88 Å². The van der Waals surface area contributed by atoms with Gasteiger partial charge in [0.05, 0.1) is 63.0 Å². The summed E-state index contributed by atoms with van der Waals surface area (Å²) >= 11 is 13.6. The average molecular weight is 1070 g/mol. The molecule has 0 aliphatic carbocycles. The standard InChI is InChI=1S/C50H57ClF4N8O8S2/c1-29-42(73-28-59-29)31-13-11-30(12-14-31)24-58-44(66)36-21-33(64)26-61(36)45(67)43(48(2,3)4)60-38(65)27-70-19-10-18-69-17-8-7-9-20-71-39-22-34(51)37(25-57-39)63-47(72)62(46(68)49(63,5)6)35-16-15-32(23-56)40(41(35)52)50(53,54)55/h11-16,22,25,28,33,36,43,64H,7-10,17-21,24,26-27H2,1-6H3,(H,58,66)(H,60,65)/t33-,36+,43-/m1/s1. The summed E-state index contributed by atoms with van der Waals surface area (Å²) in [6, 6.07) is 10.3. The number of carbonyl (C=O) groups is 4. The van der Waals surface area contributed by atoms with E-state index in [2.05, 4.69) is 20.6 Å². The third kappa shape index (κ3) is 13.5. The fourth-order valence-corrected chi connectivity index (χ4v) is 9.89. The van der Waals surface area contributed by atoms with Crippen molar-refractivity contribution in [3.05, 3.63) is 87.4 Å². The largest absolute Gasteiger partial charge is 0.478 e. The van der Waals surface area contributed by atoms with E-state index < -0.39 is 81.6 Å². The highest BCUT2D eigenvalue weighted by atomic mass is 35.5. The third-order valence-corrected chi connectivity index (χ3v) is 13.8. The van der Waals surface area contributed by atoms with Gasteiger partial charge >= 0.3 is 6.18 Å². The number of alkyl halides is 3. The molecule has 23 heteroatoms. The molecule has 0 radical (unpaired) electrons. The maximum absolute atomic E-state index is 15.4. The molecule has 2 aliphatic rings. The highest BCUT2D eigenvalue weighted by Gasteiger charge is 2.53. The van der Waals surface area contributed by atoms with Crippen LogP contribution in [0.2, 0.25) is 5.02 Å². The minimum Gasteiger partial charge on any atom is -0.478 e. The zero-order valence-electron chi connectivity index (χ0n) is 41.1. The highest BCUT2D eigenvalue weighted by molar-refractivity contribution is 7.81. The van der Waals surface area contributed by atoms with Crippen LogP contribution in [0.1, 0.15) is 89.1 Å². The van der Waals surface area contributed by atoms with Crippen molar-refractivity contribution in [3.8, 4) is 22.4 Å². The van der Waals surface area contributed by atoms with Gasteiger partial charge in [-0.15, -0.1) is 11.3 Å². The number of aromatic nitrogens is 2. The van der Waals surface area contributed by atoms with Gasteiger partial charge in [-0.05, 0) is 87.3 Å². The number of unbranched alkanes of at least 4 members (excludes halogenated alkanes) is 2. The predicted molar refractivity (Wildman–Crippen MR) is 269 cm³/mol. The third-order valence-electron chi connectivity index (χ3n) is 12.2. The molecule has 0 bridgehead atoms. The smallest absolute Gasteiger partial charge is 0.420 e. The number of ether oxygens (including phenoxy) is 3. The van der Waals surface area contributed by atoms with E-state index in [1.54, 1.807) is 37.6 Å². The van der Waals surface area contributed by atoms with E-state index in [0.717, 1.165) is 46.7 Å².